The Kier molecular flexibility index (Phi) is 3.51. The molecule has 0 amide bonds. The van der Waals surface area contributed by atoms with Gasteiger partial charge >= 0.3 is 0 Å². The van der Waals surface area contributed by atoms with Crippen LogP contribution in [0.25, 0.3) is 0 Å². The first-order valence-electron chi connectivity index (χ1n) is 4.57. The predicted octanol–water partition coefficient (Wildman–Crippen LogP) is 3.37. The van der Waals surface area contributed by atoms with Gasteiger partial charge in [-0.15, -0.1) is 0 Å². The molecule has 1 rings (SSSR count). The Balaban J connectivity index is 2.68. The monoisotopic (exact) mass is 215 g/mol. The lowest BCUT2D eigenvalue weighted by molar-refractivity contribution is 0.424. The van der Waals surface area contributed by atoms with Crippen molar-refractivity contribution in [3.8, 4) is 0 Å². The van der Waals surface area contributed by atoms with Gasteiger partial charge in [-0.3, -0.25) is 0 Å². The summed E-state index contributed by atoms with van der Waals surface area (Å²) < 4.78 is 12.7. The van der Waals surface area contributed by atoms with Crippen molar-refractivity contribution < 1.29 is 4.39 Å². The third-order valence-electron chi connectivity index (χ3n) is 1.82. The van der Waals surface area contributed by atoms with Crippen LogP contribution in [0.3, 0.4) is 0 Å². The second-order valence-electron chi connectivity index (χ2n) is 4.34. The molecular weight excluding hydrogens is 201 g/mol. The summed E-state index contributed by atoms with van der Waals surface area (Å²) in [5.41, 5.74) is 0.959. The molecule has 78 valence electrons. The predicted molar refractivity (Wildman–Crippen MR) is 58.0 cm³/mol. The minimum Gasteiger partial charge on any atom is -0.308 e. The van der Waals surface area contributed by atoms with E-state index in [0.29, 0.717) is 11.6 Å². The Morgan fingerprint density at radius 2 is 2.00 bits per heavy atom. The van der Waals surface area contributed by atoms with Gasteiger partial charge in [0.15, 0.2) is 0 Å². The summed E-state index contributed by atoms with van der Waals surface area (Å²) in [5.74, 6) is -0.297. The smallest absolute Gasteiger partial charge is 0.124 e. The summed E-state index contributed by atoms with van der Waals surface area (Å²) in [6.07, 6.45) is 0. The number of halogens is 2. The molecule has 0 aliphatic rings. The van der Waals surface area contributed by atoms with Gasteiger partial charge in [-0.25, -0.2) is 4.39 Å². The molecule has 0 aromatic heterocycles. The molecule has 0 heterocycles. The lowest BCUT2D eigenvalue weighted by atomic mass is 10.1. The first-order valence-corrected chi connectivity index (χ1v) is 4.95. The summed E-state index contributed by atoms with van der Waals surface area (Å²) in [5, 5.41) is 3.77. The molecule has 0 bridgehead atoms. The molecular formula is C11H15ClFN. The van der Waals surface area contributed by atoms with E-state index in [2.05, 4.69) is 26.1 Å². The van der Waals surface area contributed by atoms with Crippen molar-refractivity contribution in [3.05, 3.63) is 34.6 Å². The number of benzene rings is 1. The normalized spacial score (nSPS) is 11.8. The molecule has 1 aromatic rings. The van der Waals surface area contributed by atoms with Crippen LogP contribution >= 0.6 is 11.6 Å². The highest BCUT2D eigenvalue weighted by molar-refractivity contribution is 6.31. The van der Waals surface area contributed by atoms with Crippen molar-refractivity contribution in [2.75, 3.05) is 0 Å². The molecule has 0 fully saturated rings. The molecule has 1 N–H and O–H groups in total. The maximum Gasteiger partial charge on any atom is 0.124 e. The van der Waals surface area contributed by atoms with Gasteiger partial charge in [0.25, 0.3) is 0 Å². The number of hydrogen-bond donors (Lipinski definition) is 1. The maximum atomic E-state index is 12.7. The van der Waals surface area contributed by atoms with Gasteiger partial charge in [-0.2, -0.15) is 0 Å². The molecule has 0 spiro atoms. The summed E-state index contributed by atoms with van der Waals surface area (Å²) in [7, 11) is 0. The van der Waals surface area contributed by atoms with Crippen LogP contribution in [0.1, 0.15) is 26.3 Å². The summed E-state index contributed by atoms with van der Waals surface area (Å²) in [6.45, 7) is 6.88. The SMILES string of the molecule is CC(C)(C)NCc1ccc(F)cc1Cl. The van der Waals surface area contributed by atoms with Gasteiger partial charge in [-0.05, 0) is 38.5 Å². The van der Waals surface area contributed by atoms with Gasteiger partial charge in [0, 0.05) is 17.1 Å². The Hall–Kier alpha value is -0.600. The Morgan fingerprint density at radius 1 is 1.36 bits per heavy atom. The fourth-order valence-electron chi connectivity index (χ4n) is 1.03. The van der Waals surface area contributed by atoms with E-state index in [1.54, 1.807) is 6.07 Å². The second kappa shape index (κ2) is 4.28. The van der Waals surface area contributed by atoms with E-state index in [9.17, 15) is 4.39 Å². The third-order valence-corrected chi connectivity index (χ3v) is 2.18. The topological polar surface area (TPSA) is 12.0 Å². The maximum absolute atomic E-state index is 12.7. The average molecular weight is 216 g/mol. The first-order chi connectivity index (χ1) is 6.38. The van der Waals surface area contributed by atoms with Crippen LogP contribution in [0.5, 0.6) is 0 Å². The van der Waals surface area contributed by atoms with E-state index in [-0.39, 0.29) is 11.4 Å². The van der Waals surface area contributed by atoms with Crippen molar-refractivity contribution in [1.29, 1.82) is 0 Å². The highest BCUT2D eigenvalue weighted by Crippen LogP contribution is 2.17. The van der Waals surface area contributed by atoms with Crippen molar-refractivity contribution in [3.63, 3.8) is 0 Å². The van der Waals surface area contributed by atoms with Gasteiger partial charge in [0.05, 0.1) is 0 Å². The molecule has 0 saturated carbocycles. The highest BCUT2D eigenvalue weighted by Gasteiger charge is 2.09. The average Bonchev–Trinajstić information content (AvgIpc) is 2.00. The van der Waals surface area contributed by atoms with E-state index in [1.807, 2.05) is 0 Å². The Morgan fingerprint density at radius 3 is 2.50 bits per heavy atom. The third kappa shape index (κ3) is 3.64. The van der Waals surface area contributed by atoms with E-state index < -0.39 is 0 Å². The molecule has 14 heavy (non-hydrogen) atoms. The van der Waals surface area contributed by atoms with Crippen molar-refractivity contribution >= 4 is 11.6 Å². The Labute approximate surface area is 89.3 Å². The number of nitrogens with one attached hydrogen (secondary N) is 1. The zero-order valence-electron chi connectivity index (χ0n) is 8.70. The first kappa shape index (κ1) is 11.5. The minimum absolute atomic E-state index is 0.0394. The summed E-state index contributed by atoms with van der Waals surface area (Å²) in [4.78, 5) is 0. The zero-order valence-corrected chi connectivity index (χ0v) is 9.45. The van der Waals surface area contributed by atoms with Gasteiger partial charge in [0.2, 0.25) is 0 Å². The second-order valence-corrected chi connectivity index (χ2v) is 4.75. The molecule has 0 unspecified atom stereocenters. The quantitative estimate of drug-likeness (QED) is 0.798. The van der Waals surface area contributed by atoms with E-state index >= 15 is 0 Å². The van der Waals surface area contributed by atoms with Crippen molar-refractivity contribution in [1.82, 2.24) is 5.32 Å². The van der Waals surface area contributed by atoms with Crippen LogP contribution in [0.4, 0.5) is 4.39 Å². The summed E-state index contributed by atoms with van der Waals surface area (Å²) >= 11 is 5.88. The fraction of sp³-hybridized carbons (Fsp3) is 0.455. The zero-order chi connectivity index (χ0) is 10.8. The van der Waals surface area contributed by atoms with Crippen molar-refractivity contribution in [2.45, 2.75) is 32.9 Å². The minimum atomic E-state index is -0.297. The van der Waals surface area contributed by atoms with Gasteiger partial charge in [-0.1, -0.05) is 17.7 Å². The molecule has 0 aliphatic carbocycles. The van der Waals surface area contributed by atoms with Crippen LogP contribution in [-0.2, 0) is 6.54 Å². The van der Waals surface area contributed by atoms with E-state index in [1.165, 1.54) is 12.1 Å². The van der Waals surface area contributed by atoms with E-state index in [4.69, 9.17) is 11.6 Å². The molecule has 0 aliphatic heterocycles. The molecule has 0 saturated heterocycles. The largest absolute Gasteiger partial charge is 0.308 e. The molecule has 1 nitrogen and oxygen atoms in total. The Bertz CT molecular complexity index is 318. The highest BCUT2D eigenvalue weighted by atomic mass is 35.5. The van der Waals surface area contributed by atoms with Crippen LogP contribution in [0, 0.1) is 5.82 Å². The molecule has 0 radical (unpaired) electrons. The van der Waals surface area contributed by atoms with Crippen LogP contribution in [-0.4, -0.2) is 5.54 Å². The molecule has 1 aromatic carbocycles. The number of hydrogen-bond acceptors (Lipinski definition) is 1. The standard InChI is InChI=1S/C11H15ClFN/c1-11(2,3)14-7-8-4-5-9(13)6-10(8)12/h4-6,14H,7H2,1-3H3. The van der Waals surface area contributed by atoms with Gasteiger partial charge < -0.3 is 5.32 Å². The van der Waals surface area contributed by atoms with Gasteiger partial charge in [0.1, 0.15) is 5.82 Å². The van der Waals surface area contributed by atoms with Crippen LogP contribution in [0.15, 0.2) is 18.2 Å². The molecule has 3 heteroatoms. The van der Waals surface area contributed by atoms with Crippen molar-refractivity contribution in [2.24, 2.45) is 0 Å². The number of rotatable bonds is 2. The van der Waals surface area contributed by atoms with Crippen LogP contribution < -0.4 is 5.32 Å². The van der Waals surface area contributed by atoms with E-state index in [0.717, 1.165) is 5.56 Å². The lowest BCUT2D eigenvalue weighted by Gasteiger charge is -2.20. The fourth-order valence-corrected chi connectivity index (χ4v) is 1.26. The van der Waals surface area contributed by atoms with Crippen LogP contribution in [0.2, 0.25) is 5.02 Å². The summed E-state index contributed by atoms with van der Waals surface area (Å²) in [6, 6.07) is 4.46. The molecule has 0 atom stereocenters. The lowest BCUT2D eigenvalue weighted by Crippen LogP contribution is -2.35.